The summed E-state index contributed by atoms with van der Waals surface area (Å²) in [6.07, 6.45) is 1.38. The SMILES string of the molecule is COc1ccccc1O[C@@H](C)CNC(=O)NCc1ccco1. The van der Waals surface area contributed by atoms with Crippen molar-refractivity contribution in [1.29, 1.82) is 0 Å². The van der Waals surface area contributed by atoms with E-state index in [2.05, 4.69) is 10.6 Å². The van der Waals surface area contributed by atoms with Gasteiger partial charge in [-0.2, -0.15) is 0 Å². The lowest BCUT2D eigenvalue weighted by Gasteiger charge is -2.17. The first kappa shape index (κ1) is 15.8. The number of carbonyl (C=O) groups is 1. The van der Waals surface area contributed by atoms with Crippen LogP contribution < -0.4 is 20.1 Å². The minimum atomic E-state index is -0.271. The Hall–Kier alpha value is -2.63. The Bertz CT molecular complexity index is 584. The first-order valence-corrected chi connectivity index (χ1v) is 7.03. The number of nitrogens with one attached hydrogen (secondary N) is 2. The van der Waals surface area contributed by atoms with Crippen LogP contribution in [0.1, 0.15) is 12.7 Å². The highest BCUT2D eigenvalue weighted by atomic mass is 16.5. The van der Waals surface area contributed by atoms with Crippen molar-refractivity contribution in [3.05, 3.63) is 48.4 Å². The molecule has 2 rings (SSSR count). The Kier molecular flexibility index (Phi) is 5.71. The lowest BCUT2D eigenvalue weighted by molar-refractivity contribution is 0.201. The molecule has 6 nitrogen and oxygen atoms in total. The highest BCUT2D eigenvalue weighted by molar-refractivity contribution is 5.73. The van der Waals surface area contributed by atoms with E-state index in [1.54, 1.807) is 25.5 Å². The van der Waals surface area contributed by atoms with Crippen molar-refractivity contribution in [3.8, 4) is 11.5 Å². The fourth-order valence-corrected chi connectivity index (χ4v) is 1.85. The molecular weight excluding hydrogens is 284 g/mol. The predicted octanol–water partition coefficient (Wildman–Crippen LogP) is 2.55. The topological polar surface area (TPSA) is 72.7 Å². The average Bonchev–Trinajstić information content (AvgIpc) is 3.05. The molecule has 0 aliphatic heterocycles. The van der Waals surface area contributed by atoms with Crippen LogP contribution in [0.5, 0.6) is 11.5 Å². The second kappa shape index (κ2) is 7.97. The van der Waals surface area contributed by atoms with Gasteiger partial charge in [0.25, 0.3) is 0 Å². The van der Waals surface area contributed by atoms with Gasteiger partial charge in [-0.3, -0.25) is 0 Å². The smallest absolute Gasteiger partial charge is 0.315 e. The fourth-order valence-electron chi connectivity index (χ4n) is 1.85. The summed E-state index contributed by atoms with van der Waals surface area (Å²) in [6.45, 7) is 2.60. The summed E-state index contributed by atoms with van der Waals surface area (Å²) in [7, 11) is 1.59. The Morgan fingerprint density at radius 2 is 1.95 bits per heavy atom. The molecule has 2 amide bonds. The fraction of sp³-hybridized carbons (Fsp3) is 0.312. The van der Waals surface area contributed by atoms with Crippen molar-refractivity contribution in [2.24, 2.45) is 0 Å². The quantitative estimate of drug-likeness (QED) is 0.824. The van der Waals surface area contributed by atoms with Crippen molar-refractivity contribution in [3.63, 3.8) is 0 Å². The van der Waals surface area contributed by atoms with Crippen LogP contribution in [0.15, 0.2) is 47.1 Å². The zero-order chi connectivity index (χ0) is 15.8. The highest BCUT2D eigenvalue weighted by Crippen LogP contribution is 2.26. The summed E-state index contributed by atoms with van der Waals surface area (Å²) in [5, 5.41) is 5.45. The van der Waals surface area contributed by atoms with Gasteiger partial charge in [0.1, 0.15) is 11.9 Å². The minimum Gasteiger partial charge on any atom is -0.493 e. The van der Waals surface area contributed by atoms with Gasteiger partial charge < -0.3 is 24.5 Å². The largest absolute Gasteiger partial charge is 0.493 e. The van der Waals surface area contributed by atoms with Gasteiger partial charge >= 0.3 is 6.03 Å². The molecule has 2 N–H and O–H groups in total. The lowest BCUT2D eigenvalue weighted by atomic mass is 10.3. The summed E-state index contributed by atoms with van der Waals surface area (Å²) in [5.41, 5.74) is 0. The predicted molar refractivity (Wildman–Crippen MR) is 82.0 cm³/mol. The van der Waals surface area contributed by atoms with Crippen LogP contribution in [0.25, 0.3) is 0 Å². The number of ether oxygens (including phenoxy) is 2. The summed E-state index contributed by atoms with van der Waals surface area (Å²) in [5.74, 6) is 2.01. The number of hydrogen-bond donors (Lipinski definition) is 2. The minimum absolute atomic E-state index is 0.189. The summed E-state index contributed by atoms with van der Waals surface area (Å²) < 4.78 is 16.1. The number of furan rings is 1. The molecule has 22 heavy (non-hydrogen) atoms. The van der Waals surface area contributed by atoms with Gasteiger partial charge in [-0.05, 0) is 31.2 Å². The van der Waals surface area contributed by atoms with Gasteiger partial charge in [0.2, 0.25) is 0 Å². The van der Waals surface area contributed by atoms with E-state index < -0.39 is 0 Å². The van der Waals surface area contributed by atoms with E-state index in [1.165, 1.54) is 0 Å². The van der Waals surface area contributed by atoms with Gasteiger partial charge in [-0.15, -0.1) is 0 Å². The van der Waals surface area contributed by atoms with Gasteiger partial charge in [0, 0.05) is 0 Å². The molecule has 0 spiro atoms. The van der Waals surface area contributed by atoms with Crippen molar-refractivity contribution in [1.82, 2.24) is 10.6 Å². The molecule has 0 aliphatic rings. The summed E-state index contributed by atoms with van der Waals surface area (Å²) in [6, 6.07) is 10.7. The van der Waals surface area contributed by atoms with Crippen molar-refractivity contribution in [2.45, 2.75) is 19.6 Å². The molecule has 1 atom stereocenters. The maximum atomic E-state index is 11.7. The molecule has 0 bridgehead atoms. The summed E-state index contributed by atoms with van der Waals surface area (Å²) in [4.78, 5) is 11.7. The number of methoxy groups -OCH3 is 1. The normalized spacial score (nSPS) is 11.5. The highest BCUT2D eigenvalue weighted by Gasteiger charge is 2.10. The zero-order valence-corrected chi connectivity index (χ0v) is 12.7. The Labute approximate surface area is 129 Å². The van der Waals surface area contributed by atoms with Crippen LogP contribution in [0, 0.1) is 0 Å². The van der Waals surface area contributed by atoms with E-state index in [1.807, 2.05) is 31.2 Å². The molecule has 0 saturated carbocycles. The van der Waals surface area contributed by atoms with Crippen LogP contribution in [0.4, 0.5) is 4.79 Å². The number of carbonyl (C=O) groups excluding carboxylic acids is 1. The molecule has 1 aromatic carbocycles. The second-order valence-corrected chi connectivity index (χ2v) is 4.72. The number of amides is 2. The molecule has 118 valence electrons. The van der Waals surface area contributed by atoms with E-state index in [0.717, 1.165) is 0 Å². The van der Waals surface area contributed by atoms with E-state index in [9.17, 15) is 4.79 Å². The second-order valence-electron chi connectivity index (χ2n) is 4.72. The number of urea groups is 1. The standard InChI is InChI=1S/C16H20N2O4/c1-12(22-15-8-4-3-7-14(15)20-2)10-17-16(19)18-11-13-6-5-9-21-13/h3-9,12H,10-11H2,1-2H3,(H2,17,18,19)/t12-/m0/s1. The van der Waals surface area contributed by atoms with Crippen LogP contribution in [-0.2, 0) is 6.54 Å². The Morgan fingerprint density at radius 1 is 1.18 bits per heavy atom. The molecule has 6 heteroatoms. The van der Waals surface area contributed by atoms with Crippen LogP contribution in [0.2, 0.25) is 0 Å². The molecule has 0 radical (unpaired) electrons. The maximum Gasteiger partial charge on any atom is 0.315 e. The third-order valence-corrected chi connectivity index (χ3v) is 2.95. The van der Waals surface area contributed by atoms with Crippen LogP contribution >= 0.6 is 0 Å². The average molecular weight is 304 g/mol. The number of benzene rings is 1. The molecule has 0 aliphatic carbocycles. The van der Waals surface area contributed by atoms with E-state index in [-0.39, 0.29) is 12.1 Å². The van der Waals surface area contributed by atoms with Gasteiger partial charge in [-0.25, -0.2) is 4.79 Å². The van der Waals surface area contributed by atoms with Crippen molar-refractivity contribution in [2.75, 3.05) is 13.7 Å². The summed E-state index contributed by atoms with van der Waals surface area (Å²) >= 11 is 0. The van der Waals surface area contributed by atoms with Crippen LogP contribution in [-0.4, -0.2) is 25.8 Å². The molecule has 2 aromatic rings. The number of rotatable bonds is 7. The van der Waals surface area contributed by atoms with Crippen LogP contribution in [0.3, 0.4) is 0 Å². The lowest BCUT2D eigenvalue weighted by Crippen LogP contribution is -2.40. The van der Waals surface area contributed by atoms with Crippen molar-refractivity contribution >= 4 is 6.03 Å². The molecular formula is C16H20N2O4. The molecule has 0 fully saturated rings. The third kappa shape index (κ3) is 4.73. The Morgan fingerprint density at radius 3 is 2.64 bits per heavy atom. The molecule has 1 aromatic heterocycles. The zero-order valence-electron chi connectivity index (χ0n) is 12.7. The van der Waals surface area contributed by atoms with E-state index in [4.69, 9.17) is 13.9 Å². The molecule has 1 heterocycles. The van der Waals surface area contributed by atoms with Crippen molar-refractivity contribution < 1.29 is 18.7 Å². The maximum absolute atomic E-state index is 11.7. The first-order chi connectivity index (χ1) is 10.7. The Balaban J connectivity index is 1.72. The van der Waals surface area contributed by atoms with E-state index in [0.29, 0.717) is 30.3 Å². The number of para-hydroxylation sites is 2. The van der Waals surface area contributed by atoms with Gasteiger partial charge in [-0.1, -0.05) is 12.1 Å². The van der Waals surface area contributed by atoms with E-state index >= 15 is 0 Å². The number of hydrogen-bond acceptors (Lipinski definition) is 4. The monoisotopic (exact) mass is 304 g/mol. The molecule has 0 unspecified atom stereocenters. The molecule has 0 saturated heterocycles. The first-order valence-electron chi connectivity index (χ1n) is 7.03. The van der Waals surface area contributed by atoms with Gasteiger partial charge in [0.15, 0.2) is 11.5 Å². The van der Waals surface area contributed by atoms with Gasteiger partial charge in [0.05, 0.1) is 26.5 Å². The third-order valence-electron chi connectivity index (χ3n) is 2.95.